The molecule has 126 valence electrons. The molecule has 1 unspecified atom stereocenters. The Balaban J connectivity index is 1.83. The maximum atomic E-state index is 12.5. The molecule has 1 heterocycles. The van der Waals surface area contributed by atoms with Gasteiger partial charge in [0.1, 0.15) is 0 Å². The second-order valence-corrected chi connectivity index (χ2v) is 6.73. The SMILES string of the molecule is CCCCCOC(=O)N1CCC(C(=O)c2ccc(SC)cc2)C1. The topological polar surface area (TPSA) is 46.6 Å². The van der Waals surface area contributed by atoms with E-state index < -0.39 is 0 Å². The Morgan fingerprint density at radius 2 is 2.00 bits per heavy atom. The van der Waals surface area contributed by atoms with Crippen LogP contribution in [0.1, 0.15) is 43.0 Å². The normalized spacial score (nSPS) is 17.3. The fourth-order valence-electron chi connectivity index (χ4n) is 2.73. The molecule has 1 atom stereocenters. The van der Waals surface area contributed by atoms with Crippen LogP contribution in [-0.2, 0) is 4.74 Å². The first-order valence-electron chi connectivity index (χ1n) is 8.25. The van der Waals surface area contributed by atoms with Crippen LogP contribution in [0.5, 0.6) is 0 Å². The summed E-state index contributed by atoms with van der Waals surface area (Å²) in [6, 6.07) is 7.68. The molecule has 0 spiro atoms. The van der Waals surface area contributed by atoms with Gasteiger partial charge >= 0.3 is 6.09 Å². The number of unbranched alkanes of at least 4 members (excludes halogenated alkanes) is 2. The van der Waals surface area contributed by atoms with E-state index >= 15 is 0 Å². The van der Waals surface area contributed by atoms with Gasteiger partial charge < -0.3 is 9.64 Å². The van der Waals surface area contributed by atoms with Crippen LogP contribution in [0.2, 0.25) is 0 Å². The zero-order valence-corrected chi connectivity index (χ0v) is 14.7. The lowest BCUT2D eigenvalue weighted by molar-refractivity contribution is 0.0907. The number of Topliss-reactive ketones (excluding diaryl/α,β-unsaturated/α-hetero) is 1. The summed E-state index contributed by atoms with van der Waals surface area (Å²) in [5, 5.41) is 0. The summed E-state index contributed by atoms with van der Waals surface area (Å²) >= 11 is 1.66. The number of carbonyl (C=O) groups is 2. The Morgan fingerprint density at radius 1 is 1.26 bits per heavy atom. The van der Waals surface area contributed by atoms with Gasteiger partial charge in [-0.25, -0.2) is 4.79 Å². The number of nitrogens with zero attached hydrogens (tertiary/aromatic N) is 1. The van der Waals surface area contributed by atoms with Gasteiger partial charge in [-0.2, -0.15) is 0 Å². The largest absolute Gasteiger partial charge is 0.449 e. The predicted molar refractivity (Wildman–Crippen MR) is 93.1 cm³/mol. The second-order valence-electron chi connectivity index (χ2n) is 5.85. The maximum Gasteiger partial charge on any atom is 0.409 e. The molecule has 0 aliphatic carbocycles. The monoisotopic (exact) mass is 335 g/mol. The highest BCUT2D eigenvalue weighted by Gasteiger charge is 2.32. The molecule has 5 heteroatoms. The molecule has 1 aliphatic rings. The maximum absolute atomic E-state index is 12.5. The summed E-state index contributed by atoms with van der Waals surface area (Å²) in [6.45, 7) is 3.66. The van der Waals surface area contributed by atoms with Crippen molar-refractivity contribution in [1.29, 1.82) is 0 Å². The fourth-order valence-corrected chi connectivity index (χ4v) is 3.14. The molecule has 0 radical (unpaired) electrons. The molecule has 1 saturated heterocycles. The number of hydrogen-bond acceptors (Lipinski definition) is 4. The zero-order chi connectivity index (χ0) is 16.7. The average Bonchev–Trinajstić information content (AvgIpc) is 3.08. The van der Waals surface area contributed by atoms with E-state index in [9.17, 15) is 9.59 Å². The number of thioether (sulfide) groups is 1. The highest BCUT2D eigenvalue weighted by molar-refractivity contribution is 7.98. The number of carbonyl (C=O) groups excluding carboxylic acids is 2. The molecule has 1 aromatic rings. The van der Waals surface area contributed by atoms with Crippen LogP contribution in [-0.4, -0.2) is 42.7 Å². The van der Waals surface area contributed by atoms with Gasteiger partial charge in [-0.05, 0) is 31.2 Å². The molecule has 0 saturated carbocycles. The van der Waals surface area contributed by atoms with E-state index in [2.05, 4.69) is 6.92 Å². The van der Waals surface area contributed by atoms with Crippen LogP contribution in [0.4, 0.5) is 4.79 Å². The van der Waals surface area contributed by atoms with Crippen molar-refractivity contribution >= 4 is 23.6 Å². The van der Waals surface area contributed by atoms with Crippen LogP contribution < -0.4 is 0 Å². The molecule has 1 amide bonds. The standard InChI is InChI=1S/C18H25NO3S/c1-3-4-5-12-22-18(21)19-11-10-15(13-19)17(20)14-6-8-16(23-2)9-7-14/h6-9,15H,3-5,10-13H2,1-2H3. The van der Waals surface area contributed by atoms with E-state index in [1.807, 2.05) is 30.5 Å². The van der Waals surface area contributed by atoms with Crippen molar-refractivity contribution in [3.63, 3.8) is 0 Å². The Hall–Kier alpha value is -1.49. The predicted octanol–water partition coefficient (Wildman–Crippen LogP) is 4.24. The third-order valence-electron chi connectivity index (χ3n) is 4.17. The average molecular weight is 335 g/mol. The van der Waals surface area contributed by atoms with E-state index in [-0.39, 0.29) is 17.8 Å². The Labute approximate surface area is 142 Å². The molecule has 0 aromatic heterocycles. The van der Waals surface area contributed by atoms with Crippen LogP contribution in [0.3, 0.4) is 0 Å². The molecule has 1 fully saturated rings. The van der Waals surface area contributed by atoms with Gasteiger partial charge in [-0.3, -0.25) is 4.79 Å². The van der Waals surface area contributed by atoms with Crippen LogP contribution in [0.15, 0.2) is 29.2 Å². The second kappa shape index (κ2) is 8.96. The molecule has 23 heavy (non-hydrogen) atoms. The minimum atomic E-state index is -0.283. The Morgan fingerprint density at radius 3 is 2.65 bits per heavy atom. The van der Waals surface area contributed by atoms with Crippen molar-refractivity contribution < 1.29 is 14.3 Å². The minimum Gasteiger partial charge on any atom is -0.449 e. The third-order valence-corrected chi connectivity index (χ3v) is 4.91. The number of ketones is 1. The van der Waals surface area contributed by atoms with Crippen molar-refractivity contribution in [2.24, 2.45) is 5.92 Å². The lowest BCUT2D eigenvalue weighted by atomic mass is 9.97. The first-order valence-corrected chi connectivity index (χ1v) is 9.48. The molecule has 4 nitrogen and oxygen atoms in total. The Kier molecular flexibility index (Phi) is 6.96. The molecular formula is C18H25NO3S. The Bertz CT molecular complexity index is 530. The lowest BCUT2D eigenvalue weighted by Gasteiger charge is -2.16. The number of likely N-dealkylation sites (tertiary alicyclic amines) is 1. The molecule has 1 aliphatic heterocycles. The summed E-state index contributed by atoms with van der Waals surface area (Å²) in [7, 11) is 0. The van der Waals surface area contributed by atoms with Crippen molar-refractivity contribution in [2.45, 2.75) is 37.5 Å². The minimum absolute atomic E-state index is 0.113. The number of amides is 1. The molecular weight excluding hydrogens is 310 g/mol. The number of benzene rings is 1. The molecule has 0 N–H and O–H groups in total. The summed E-state index contributed by atoms with van der Waals surface area (Å²) in [5.41, 5.74) is 0.728. The summed E-state index contributed by atoms with van der Waals surface area (Å²) < 4.78 is 5.27. The van der Waals surface area contributed by atoms with Gasteiger partial charge in [0.15, 0.2) is 5.78 Å². The third kappa shape index (κ3) is 4.99. The number of hydrogen-bond donors (Lipinski definition) is 0. The van der Waals surface area contributed by atoms with Gasteiger partial charge in [0, 0.05) is 29.5 Å². The highest BCUT2D eigenvalue weighted by Crippen LogP contribution is 2.23. The van der Waals surface area contributed by atoms with Crippen molar-refractivity contribution in [2.75, 3.05) is 26.0 Å². The number of ether oxygens (including phenoxy) is 1. The summed E-state index contributed by atoms with van der Waals surface area (Å²) in [4.78, 5) is 27.3. The first-order chi connectivity index (χ1) is 11.2. The van der Waals surface area contributed by atoms with E-state index in [1.54, 1.807) is 16.7 Å². The van der Waals surface area contributed by atoms with Crippen molar-refractivity contribution in [3.8, 4) is 0 Å². The van der Waals surface area contributed by atoms with Crippen LogP contribution in [0, 0.1) is 5.92 Å². The van der Waals surface area contributed by atoms with Crippen molar-refractivity contribution in [3.05, 3.63) is 29.8 Å². The number of rotatable bonds is 7. The van der Waals surface area contributed by atoms with Gasteiger partial charge in [0.2, 0.25) is 0 Å². The lowest BCUT2D eigenvalue weighted by Crippen LogP contribution is -2.30. The van der Waals surface area contributed by atoms with Gasteiger partial charge in [-0.15, -0.1) is 11.8 Å². The molecule has 1 aromatic carbocycles. The summed E-state index contributed by atoms with van der Waals surface area (Å²) in [6.07, 6.45) is 5.52. The highest BCUT2D eigenvalue weighted by atomic mass is 32.2. The molecule has 0 bridgehead atoms. The van der Waals surface area contributed by atoms with Crippen molar-refractivity contribution in [1.82, 2.24) is 4.90 Å². The van der Waals surface area contributed by atoms with E-state index in [4.69, 9.17) is 4.74 Å². The summed E-state index contributed by atoms with van der Waals surface area (Å²) in [5.74, 6) is 0.0113. The van der Waals surface area contributed by atoms with Gasteiger partial charge in [0.25, 0.3) is 0 Å². The molecule has 2 rings (SSSR count). The van der Waals surface area contributed by atoms with E-state index in [0.29, 0.717) is 26.1 Å². The fraction of sp³-hybridized carbons (Fsp3) is 0.556. The van der Waals surface area contributed by atoms with Crippen LogP contribution >= 0.6 is 11.8 Å². The zero-order valence-electron chi connectivity index (χ0n) is 13.9. The van der Waals surface area contributed by atoms with E-state index in [1.165, 1.54) is 0 Å². The quantitative estimate of drug-likeness (QED) is 0.425. The van der Waals surface area contributed by atoms with Gasteiger partial charge in [0.05, 0.1) is 6.61 Å². The van der Waals surface area contributed by atoms with Crippen LogP contribution in [0.25, 0.3) is 0 Å². The van der Waals surface area contributed by atoms with E-state index in [0.717, 1.165) is 29.7 Å². The first kappa shape index (κ1) is 17.9. The smallest absolute Gasteiger partial charge is 0.409 e. The van der Waals surface area contributed by atoms with Gasteiger partial charge in [-0.1, -0.05) is 31.9 Å².